The number of nitrogens with zero attached hydrogens (tertiary/aromatic N) is 1. The molecule has 2 aliphatic rings. The maximum atomic E-state index is 5.25. The highest BCUT2D eigenvalue weighted by molar-refractivity contribution is 5.27. The molecule has 1 aromatic rings. The predicted octanol–water partition coefficient (Wildman–Crippen LogP) is 3.05. The van der Waals surface area contributed by atoms with Crippen LogP contribution in [0.4, 0.5) is 0 Å². The highest BCUT2D eigenvalue weighted by Gasteiger charge is 2.38. The van der Waals surface area contributed by atoms with Gasteiger partial charge in [-0.2, -0.15) is 0 Å². The summed E-state index contributed by atoms with van der Waals surface area (Å²) in [5.41, 5.74) is 1.40. The van der Waals surface area contributed by atoms with Crippen LogP contribution in [0.25, 0.3) is 0 Å². The maximum absolute atomic E-state index is 5.25. The predicted molar refractivity (Wildman–Crippen MR) is 86.6 cm³/mol. The summed E-state index contributed by atoms with van der Waals surface area (Å²) in [6.45, 7) is 5.72. The van der Waals surface area contributed by atoms with E-state index in [9.17, 15) is 0 Å². The summed E-state index contributed by atoms with van der Waals surface area (Å²) >= 11 is 0. The van der Waals surface area contributed by atoms with Crippen LogP contribution in [0.5, 0.6) is 5.75 Å². The second-order valence-corrected chi connectivity index (χ2v) is 6.58. The van der Waals surface area contributed by atoms with Gasteiger partial charge in [-0.3, -0.25) is 4.90 Å². The van der Waals surface area contributed by atoms with E-state index in [1.54, 1.807) is 7.11 Å². The van der Waals surface area contributed by atoms with Crippen molar-refractivity contribution in [1.29, 1.82) is 0 Å². The zero-order valence-electron chi connectivity index (χ0n) is 13.3. The minimum Gasteiger partial charge on any atom is -0.497 e. The fourth-order valence-electron chi connectivity index (χ4n) is 3.53. The van der Waals surface area contributed by atoms with E-state index in [2.05, 4.69) is 41.4 Å². The molecule has 0 bridgehead atoms. The lowest BCUT2D eigenvalue weighted by Crippen LogP contribution is -2.56. The largest absolute Gasteiger partial charge is 0.497 e. The van der Waals surface area contributed by atoms with E-state index in [1.165, 1.54) is 44.3 Å². The van der Waals surface area contributed by atoms with E-state index in [4.69, 9.17) is 4.74 Å². The minimum absolute atomic E-state index is 0.670. The molecule has 1 saturated carbocycles. The monoisotopic (exact) mass is 288 g/mol. The van der Waals surface area contributed by atoms with Crippen LogP contribution < -0.4 is 10.1 Å². The fraction of sp³-hybridized carbons (Fsp3) is 0.667. The number of hydrogen-bond donors (Lipinski definition) is 1. The minimum atomic E-state index is 0.670. The zero-order chi connectivity index (χ0) is 14.7. The van der Waals surface area contributed by atoms with Crippen LogP contribution in [0.1, 0.15) is 38.2 Å². The lowest BCUT2D eigenvalue weighted by Gasteiger charge is -2.41. The molecular formula is C18H28N2O. The Morgan fingerprint density at radius 2 is 2.00 bits per heavy atom. The van der Waals surface area contributed by atoms with Crippen molar-refractivity contribution in [2.75, 3.05) is 20.2 Å². The Morgan fingerprint density at radius 3 is 2.62 bits per heavy atom. The first-order chi connectivity index (χ1) is 10.3. The molecule has 2 unspecified atom stereocenters. The molecule has 3 nitrogen and oxygen atoms in total. The summed E-state index contributed by atoms with van der Waals surface area (Å²) in [7, 11) is 1.73. The van der Waals surface area contributed by atoms with Crippen molar-refractivity contribution in [2.24, 2.45) is 5.92 Å². The SMILES string of the molecule is CCCC1CN(Cc2ccc(OC)cc2)C(C2CC2)CN1. The molecule has 1 aliphatic heterocycles. The Morgan fingerprint density at radius 1 is 1.24 bits per heavy atom. The molecule has 1 heterocycles. The Bertz CT molecular complexity index is 441. The molecule has 1 aromatic carbocycles. The van der Waals surface area contributed by atoms with E-state index in [1.807, 2.05) is 0 Å². The van der Waals surface area contributed by atoms with Gasteiger partial charge in [0.2, 0.25) is 0 Å². The van der Waals surface area contributed by atoms with E-state index in [0.717, 1.165) is 24.3 Å². The molecule has 0 radical (unpaired) electrons. The number of methoxy groups -OCH3 is 1. The average molecular weight is 288 g/mol. The highest BCUT2D eigenvalue weighted by atomic mass is 16.5. The van der Waals surface area contributed by atoms with E-state index in [0.29, 0.717) is 6.04 Å². The highest BCUT2D eigenvalue weighted by Crippen LogP contribution is 2.37. The van der Waals surface area contributed by atoms with Gasteiger partial charge in [0.05, 0.1) is 7.11 Å². The number of ether oxygens (including phenoxy) is 1. The molecule has 3 heteroatoms. The van der Waals surface area contributed by atoms with Crippen molar-refractivity contribution in [3.05, 3.63) is 29.8 Å². The lowest BCUT2D eigenvalue weighted by atomic mass is 10.0. The van der Waals surface area contributed by atoms with Crippen LogP contribution >= 0.6 is 0 Å². The van der Waals surface area contributed by atoms with Gasteiger partial charge in [0, 0.05) is 31.7 Å². The lowest BCUT2D eigenvalue weighted by molar-refractivity contribution is 0.104. The van der Waals surface area contributed by atoms with E-state index >= 15 is 0 Å². The van der Waals surface area contributed by atoms with Gasteiger partial charge < -0.3 is 10.1 Å². The van der Waals surface area contributed by atoms with Gasteiger partial charge in [-0.15, -0.1) is 0 Å². The van der Waals surface area contributed by atoms with Crippen LogP contribution in [0.2, 0.25) is 0 Å². The normalized spacial score (nSPS) is 26.8. The van der Waals surface area contributed by atoms with Crippen LogP contribution in [0.15, 0.2) is 24.3 Å². The third-order valence-corrected chi connectivity index (χ3v) is 4.89. The Hall–Kier alpha value is -1.06. The molecule has 116 valence electrons. The molecule has 1 aliphatic carbocycles. The average Bonchev–Trinajstić information content (AvgIpc) is 3.33. The van der Waals surface area contributed by atoms with Gasteiger partial charge in [-0.1, -0.05) is 25.5 Å². The Labute approximate surface area is 128 Å². The van der Waals surface area contributed by atoms with Crippen LogP contribution in [0.3, 0.4) is 0 Å². The van der Waals surface area contributed by atoms with Crippen LogP contribution in [-0.2, 0) is 6.54 Å². The number of piperazine rings is 1. The fourth-order valence-corrected chi connectivity index (χ4v) is 3.53. The van der Waals surface area contributed by atoms with Gasteiger partial charge in [-0.05, 0) is 42.9 Å². The van der Waals surface area contributed by atoms with Gasteiger partial charge in [0.1, 0.15) is 5.75 Å². The summed E-state index contributed by atoms with van der Waals surface area (Å²) in [6, 6.07) is 9.98. The molecule has 0 amide bonds. The summed E-state index contributed by atoms with van der Waals surface area (Å²) in [5.74, 6) is 1.87. The number of nitrogens with one attached hydrogen (secondary N) is 1. The first kappa shape index (κ1) is 14.9. The summed E-state index contributed by atoms with van der Waals surface area (Å²) in [5, 5.41) is 3.76. The summed E-state index contributed by atoms with van der Waals surface area (Å²) in [4.78, 5) is 2.72. The van der Waals surface area contributed by atoms with Crippen molar-refractivity contribution in [3.63, 3.8) is 0 Å². The molecule has 2 fully saturated rings. The molecule has 2 atom stereocenters. The molecule has 3 rings (SSSR count). The molecule has 21 heavy (non-hydrogen) atoms. The maximum Gasteiger partial charge on any atom is 0.118 e. The number of benzene rings is 1. The van der Waals surface area contributed by atoms with Crippen molar-refractivity contribution >= 4 is 0 Å². The molecular weight excluding hydrogens is 260 g/mol. The van der Waals surface area contributed by atoms with Gasteiger partial charge in [0.15, 0.2) is 0 Å². The summed E-state index contributed by atoms with van der Waals surface area (Å²) < 4.78 is 5.25. The van der Waals surface area contributed by atoms with Crippen molar-refractivity contribution in [1.82, 2.24) is 10.2 Å². The number of hydrogen-bond acceptors (Lipinski definition) is 3. The second-order valence-electron chi connectivity index (χ2n) is 6.58. The zero-order valence-corrected chi connectivity index (χ0v) is 13.3. The van der Waals surface area contributed by atoms with Crippen molar-refractivity contribution in [3.8, 4) is 5.75 Å². The standard InChI is InChI=1S/C18H28N2O/c1-3-4-16-13-20(18(11-19-16)15-7-8-15)12-14-5-9-17(21-2)10-6-14/h5-6,9-10,15-16,18-19H,3-4,7-8,11-13H2,1-2H3. The smallest absolute Gasteiger partial charge is 0.118 e. The van der Waals surface area contributed by atoms with Gasteiger partial charge in [-0.25, -0.2) is 0 Å². The van der Waals surface area contributed by atoms with Crippen LogP contribution in [-0.4, -0.2) is 37.2 Å². The van der Waals surface area contributed by atoms with E-state index < -0.39 is 0 Å². The Balaban J connectivity index is 1.65. The number of rotatable bonds is 6. The molecule has 0 aromatic heterocycles. The van der Waals surface area contributed by atoms with Gasteiger partial charge in [0.25, 0.3) is 0 Å². The summed E-state index contributed by atoms with van der Waals surface area (Å²) in [6.07, 6.45) is 5.40. The molecule has 1 saturated heterocycles. The first-order valence-corrected chi connectivity index (χ1v) is 8.40. The third-order valence-electron chi connectivity index (χ3n) is 4.89. The van der Waals surface area contributed by atoms with E-state index in [-0.39, 0.29) is 0 Å². The van der Waals surface area contributed by atoms with Gasteiger partial charge >= 0.3 is 0 Å². The quantitative estimate of drug-likeness (QED) is 0.871. The topological polar surface area (TPSA) is 24.5 Å². The first-order valence-electron chi connectivity index (χ1n) is 8.40. The van der Waals surface area contributed by atoms with Crippen molar-refractivity contribution < 1.29 is 4.74 Å². The second kappa shape index (κ2) is 6.80. The Kier molecular flexibility index (Phi) is 4.81. The molecule has 1 N–H and O–H groups in total. The van der Waals surface area contributed by atoms with Crippen LogP contribution in [0, 0.1) is 5.92 Å². The molecule has 0 spiro atoms. The van der Waals surface area contributed by atoms with Crippen molar-refractivity contribution in [2.45, 2.75) is 51.2 Å². The third kappa shape index (κ3) is 3.78.